The molecule has 3 heteroatoms. The van der Waals surface area contributed by atoms with Crippen molar-refractivity contribution in [2.24, 2.45) is 0 Å². The summed E-state index contributed by atoms with van der Waals surface area (Å²) < 4.78 is 13.7. The molecule has 0 spiro atoms. The van der Waals surface area contributed by atoms with Gasteiger partial charge in [0.15, 0.2) is 0 Å². The van der Waals surface area contributed by atoms with E-state index in [0.717, 1.165) is 30.2 Å². The van der Waals surface area contributed by atoms with Crippen molar-refractivity contribution in [1.82, 2.24) is 9.97 Å². The number of aromatic nitrogens is 2. The summed E-state index contributed by atoms with van der Waals surface area (Å²) in [4.78, 5) is 8.37. The highest BCUT2D eigenvalue weighted by atomic mass is 19.1. The van der Waals surface area contributed by atoms with E-state index in [-0.39, 0.29) is 5.82 Å². The Morgan fingerprint density at radius 3 is 2.92 bits per heavy atom. The molecule has 0 bridgehead atoms. The summed E-state index contributed by atoms with van der Waals surface area (Å²) in [5.74, 6) is 0.116. The van der Waals surface area contributed by atoms with E-state index < -0.39 is 0 Å². The van der Waals surface area contributed by atoms with Crippen LogP contribution in [0.2, 0.25) is 0 Å². The maximum absolute atomic E-state index is 13.7. The fourth-order valence-corrected chi connectivity index (χ4v) is 4.38. The van der Waals surface area contributed by atoms with Crippen LogP contribution in [0.25, 0.3) is 21.8 Å². The number of rotatable bonds is 1. The maximum atomic E-state index is 13.7. The second-order valence-corrected chi connectivity index (χ2v) is 7.02. The summed E-state index contributed by atoms with van der Waals surface area (Å²) in [7, 11) is 0. The highest BCUT2D eigenvalue weighted by molar-refractivity contribution is 5.86. The van der Waals surface area contributed by atoms with E-state index in [2.05, 4.69) is 42.2 Å². The average molecular weight is 330 g/mol. The first-order chi connectivity index (χ1) is 12.2. The van der Waals surface area contributed by atoms with Gasteiger partial charge in [-0.15, -0.1) is 0 Å². The Morgan fingerprint density at radius 2 is 2.00 bits per heavy atom. The number of para-hydroxylation sites is 1. The number of aromatic amines is 1. The molecule has 0 radical (unpaired) electrons. The number of benzene rings is 2. The van der Waals surface area contributed by atoms with E-state index in [4.69, 9.17) is 4.98 Å². The Labute approximate surface area is 145 Å². The topological polar surface area (TPSA) is 28.7 Å². The molecule has 2 heterocycles. The molecular formula is C22H19FN2. The normalized spacial score (nSPS) is 17.1. The SMILES string of the molecule is Cc1[nH]c2ccccc2c1C1CCCc2nc3ccc(F)cc3cc21. The van der Waals surface area contributed by atoms with Crippen LogP contribution < -0.4 is 0 Å². The van der Waals surface area contributed by atoms with E-state index in [1.807, 2.05) is 0 Å². The van der Waals surface area contributed by atoms with Gasteiger partial charge in [-0.05, 0) is 67.6 Å². The van der Waals surface area contributed by atoms with Gasteiger partial charge in [0.2, 0.25) is 0 Å². The molecule has 124 valence electrons. The lowest BCUT2D eigenvalue weighted by Crippen LogP contribution is -2.13. The molecule has 0 amide bonds. The fourth-order valence-electron chi connectivity index (χ4n) is 4.38. The number of pyridine rings is 1. The van der Waals surface area contributed by atoms with Gasteiger partial charge in [-0.1, -0.05) is 18.2 Å². The zero-order valence-corrected chi connectivity index (χ0v) is 14.1. The number of fused-ring (bicyclic) bond motifs is 3. The van der Waals surface area contributed by atoms with Crippen LogP contribution in [0.1, 0.15) is 41.3 Å². The lowest BCUT2D eigenvalue weighted by atomic mass is 9.79. The minimum Gasteiger partial charge on any atom is -0.358 e. The van der Waals surface area contributed by atoms with E-state index >= 15 is 0 Å². The van der Waals surface area contributed by atoms with Gasteiger partial charge in [0, 0.05) is 33.6 Å². The quantitative estimate of drug-likeness (QED) is 0.481. The summed E-state index contributed by atoms with van der Waals surface area (Å²) >= 11 is 0. The summed E-state index contributed by atoms with van der Waals surface area (Å²) in [6.07, 6.45) is 3.25. The third-order valence-corrected chi connectivity index (χ3v) is 5.46. The summed E-state index contributed by atoms with van der Waals surface area (Å²) in [5, 5.41) is 2.18. The van der Waals surface area contributed by atoms with Crippen molar-refractivity contribution in [2.45, 2.75) is 32.1 Å². The van der Waals surface area contributed by atoms with E-state index in [1.54, 1.807) is 12.1 Å². The fraction of sp³-hybridized carbons (Fsp3) is 0.227. The van der Waals surface area contributed by atoms with Crippen molar-refractivity contribution in [3.63, 3.8) is 0 Å². The van der Waals surface area contributed by atoms with Crippen LogP contribution in [0.4, 0.5) is 4.39 Å². The Kier molecular flexibility index (Phi) is 3.17. The Morgan fingerprint density at radius 1 is 1.12 bits per heavy atom. The molecule has 5 rings (SSSR count). The van der Waals surface area contributed by atoms with Gasteiger partial charge in [-0.3, -0.25) is 4.98 Å². The minimum atomic E-state index is -0.204. The first-order valence-electron chi connectivity index (χ1n) is 8.87. The van der Waals surface area contributed by atoms with Crippen LogP contribution in [0.5, 0.6) is 0 Å². The molecule has 2 nitrogen and oxygen atoms in total. The first-order valence-corrected chi connectivity index (χ1v) is 8.87. The van der Waals surface area contributed by atoms with Crippen LogP contribution in [-0.2, 0) is 6.42 Å². The molecule has 2 aromatic heterocycles. The average Bonchev–Trinajstić information content (AvgIpc) is 2.95. The summed E-state index contributed by atoms with van der Waals surface area (Å²) in [6, 6.07) is 15.5. The highest BCUT2D eigenvalue weighted by Gasteiger charge is 2.27. The standard InChI is InChI=1S/C22H19FN2/c1-13-22(17-5-2-3-7-20(17)24-13)16-6-4-8-21-18(16)12-14-11-15(23)9-10-19(14)25-21/h2-3,5,7,9-12,16,24H,4,6,8H2,1H3. The lowest BCUT2D eigenvalue weighted by molar-refractivity contribution is 0.605. The molecule has 1 unspecified atom stereocenters. The van der Waals surface area contributed by atoms with Crippen LogP contribution in [0.15, 0.2) is 48.5 Å². The van der Waals surface area contributed by atoms with Crippen molar-refractivity contribution in [3.8, 4) is 0 Å². The summed E-state index contributed by atoms with van der Waals surface area (Å²) in [5.41, 5.74) is 7.09. The van der Waals surface area contributed by atoms with E-state index in [1.165, 1.54) is 39.5 Å². The Hall–Kier alpha value is -2.68. The van der Waals surface area contributed by atoms with E-state index in [0.29, 0.717) is 5.92 Å². The minimum absolute atomic E-state index is 0.204. The predicted octanol–water partition coefficient (Wildman–Crippen LogP) is 5.63. The number of aryl methyl sites for hydroxylation is 2. The predicted molar refractivity (Wildman–Crippen MR) is 99.5 cm³/mol. The molecule has 0 fully saturated rings. The molecule has 1 atom stereocenters. The largest absolute Gasteiger partial charge is 0.358 e. The summed E-state index contributed by atoms with van der Waals surface area (Å²) in [6.45, 7) is 2.15. The number of H-pyrrole nitrogens is 1. The van der Waals surface area contributed by atoms with Gasteiger partial charge in [0.1, 0.15) is 5.82 Å². The molecule has 1 N–H and O–H groups in total. The zero-order valence-electron chi connectivity index (χ0n) is 14.1. The van der Waals surface area contributed by atoms with Gasteiger partial charge < -0.3 is 4.98 Å². The molecular weight excluding hydrogens is 311 g/mol. The molecule has 4 aromatic rings. The molecule has 2 aromatic carbocycles. The van der Waals surface area contributed by atoms with Crippen LogP contribution >= 0.6 is 0 Å². The van der Waals surface area contributed by atoms with Crippen molar-refractivity contribution in [1.29, 1.82) is 0 Å². The number of nitrogens with one attached hydrogen (secondary N) is 1. The van der Waals surface area contributed by atoms with Crippen LogP contribution in [0.3, 0.4) is 0 Å². The molecule has 0 saturated carbocycles. The van der Waals surface area contributed by atoms with Crippen molar-refractivity contribution in [3.05, 3.63) is 76.9 Å². The number of hydrogen-bond acceptors (Lipinski definition) is 1. The van der Waals surface area contributed by atoms with Gasteiger partial charge in [-0.2, -0.15) is 0 Å². The van der Waals surface area contributed by atoms with Crippen LogP contribution in [0, 0.1) is 12.7 Å². The van der Waals surface area contributed by atoms with Gasteiger partial charge in [-0.25, -0.2) is 4.39 Å². The monoisotopic (exact) mass is 330 g/mol. The third-order valence-electron chi connectivity index (χ3n) is 5.46. The van der Waals surface area contributed by atoms with E-state index in [9.17, 15) is 4.39 Å². The number of nitrogens with zero attached hydrogens (tertiary/aromatic N) is 1. The maximum Gasteiger partial charge on any atom is 0.123 e. The smallest absolute Gasteiger partial charge is 0.123 e. The molecule has 0 saturated heterocycles. The Balaban J connectivity index is 1.76. The van der Waals surface area contributed by atoms with Gasteiger partial charge in [0.25, 0.3) is 0 Å². The second-order valence-electron chi connectivity index (χ2n) is 7.02. The van der Waals surface area contributed by atoms with Crippen molar-refractivity contribution >= 4 is 21.8 Å². The molecule has 0 aliphatic heterocycles. The first kappa shape index (κ1) is 14.6. The molecule has 1 aliphatic rings. The lowest BCUT2D eigenvalue weighted by Gasteiger charge is -2.26. The van der Waals surface area contributed by atoms with Gasteiger partial charge >= 0.3 is 0 Å². The van der Waals surface area contributed by atoms with Crippen molar-refractivity contribution in [2.75, 3.05) is 0 Å². The number of halogens is 1. The molecule has 1 aliphatic carbocycles. The molecule has 25 heavy (non-hydrogen) atoms. The zero-order chi connectivity index (χ0) is 17.0. The highest BCUT2D eigenvalue weighted by Crippen LogP contribution is 2.41. The van der Waals surface area contributed by atoms with Crippen molar-refractivity contribution < 1.29 is 4.39 Å². The second kappa shape index (κ2) is 5.41. The van der Waals surface area contributed by atoms with Crippen LogP contribution in [-0.4, -0.2) is 9.97 Å². The Bertz CT molecular complexity index is 1110. The third kappa shape index (κ3) is 2.26. The van der Waals surface area contributed by atoms with Gasteiger partial charge in [0.05, 0.1) is 5.52 Å². The number of hydrogen-bond donors (Lipinski definition) is 1.